The van der Waals surface area contributed by atoms with Crippen molar-refractivity contribution in [3.05, 3.63) is 28.8 Å². The molecule has 0 amide bonds. The summed E-state index contributed by atoms with van der Waals surface area (Å²) in [5.74, 6) is -0.414. The predicted molar refractivity (Wildman–Crippen MR) is 70.8 cm³/mol. The first-order chi connectivity index (χ1) is 8.12. The van der Waals surface area contributed by atoms with Gasteiger partial charge in [0.2, 0.25) is 0 Å². The van der Waals surface area contributed by atoms with Gasteiger partial charge in [0.25, 0.3) is 0 Å². The smallest absolute Gasteiger partial charge is 0.339 e. The second-order valence-electron chi connectivity index (χ2n) is 3.84. The van der Waals surface area contributed by atoms with Crippen LogP contribution in [0.3, 0.4) is 0 Å². The second kappa shape index (κ2) is 6.50. The summed E-state index contributed by atoms with van der Waals surface area (Å²) in [6.45, 7) is 4.25. The average molecular weight is 256 g/mol. The molecule has 0 radical (unpaired) electrons. The van der Waals surface area contributed by atoms with E-state index in [9.17, 15) is 4.79 Å². The summed E-state index contributed by atoms with van der Waals surface area (Å²) in [7, 11) is 1.35. The van der Waals surface area contributed by atoms with Crippen LogP contribution in [0.5, 0.6) is 0 Å². The highest BCUT2D eigenvalue weighted by Gasteiger charge is 2.12. The summed E-state index contributed by atoms with van der Waals surface area (Å²) in [5.41, 5.74) is 1.29. The molecule has 0 saturated heterocycles. The molecule has 0 bridgehead atoms. The molecule has 0 unspecified atom stereocenters. The number of benzene rings is 1. The maximum absolute atomic E-state index is 11.5. The van der Waals surface area contributed by atoms with Crippen LogP contribution in [-0.2, 0) is 4.74 Å². The third kappa shape index (κ3) is 3.63. The van der Waals surface area contributed by atoms with Gasteiger partial charge >= 0.3 is 5.97 Å². The fourth-order valence-corrected chi connectivity index (χ4v) is 1.80. The van der Waals surface area contributed by atoms with Gasteiger partial charge in [0.1, 0.15) is 0 Å². The lowest BCUT2D eigenvalue weighted by atomic mass is 10.1. The molecule has 17 heavy (non-hydrogen) atoms. The van der Waals surface area contributed by atoms with Crippen LogP contribution in [0.4, 0.5) is 5.69 Å². The Morgan fingerprint density at radius 3 is 2.59 bits per heavy atom. The molecule has 1 N–H and O–H groups in total. The highest BCUT2D eigenvalue weighted by Crippen LogP contribution is 2.22. The van der Waals surface area contributed by atoms with Crippen molar-refractivity contribution in [1.82, 2.24) is 0 Å². The molecule has 0 aromatic heterocycles. The number of ether oxygens (including phenoxy) is 1. The molecule has 94 valence electrons. The first-order valence-corrected chi connectivity index (χ1v) is 6.14. The Hall–Kier alpha value is -1.22. The number of methoxy groups -OCH3 is 1. The molecule has 0 spiro atoms. The third-order valence-electron chi connectivity index (χ3n) is 2.73. The van der Waals surface area contributed by atoms with Gasteiger partial charge in [-0.25, -0.2) is 4.79 Å². The minimum absolute atomic E-state index is 0.394. The summed E-state index contributed by atoms with van der Waals surface area (Å²) in [4.78, 5) is 11.5. The SMILES string of the molecule is CCC(CC)Nc1ccc(Cl)c(C(=O)OC)c1. The van der Waals surface area contributed by atoms with E-state index < -0.39 is 5.97 Å². The molecule has 0 aliphatic rings. The number of carbonyl (C=O) groups excluding carboxylic acids is 1. The van der Waals surface area contributed by atoms with Crippen molar-refractivity contribution in [2.45, 2.75) is 32.7 Å². The molecular weight excluding hydrogens is 238 g/mol. The molecule has 0 heterocycles. The quantitative estimate of drug-likeness (QED) is 0.815. The molecule has 4 heteroatoms. The van der Waals surface area contributed by atoms with Gasteiger partial charge in [0.05, 0.1) is 17.7 Å². The van der Waals surface area contributed by atoms with Crippen molar-refractivity contribution >= 4 is 23.3 Å². The molecule has 0 saturated carbocycles. The van der Waals surface area contributed by atoms with Crippen LogP contribution in [0.2, 0.25) is 5.02 Å². The molecule has 1 rings (SSSR count). The Kier molecular flexibility index (Phi) is 5.29. The summed E-state index contributed by atoms with van der Waals surface area (Å²) >= 11 is 5.95. The van der Waals surface area contributed by atoms with Crippen LogP contribution in [0, 0.1) is 0 Å². The summed E-state index contributed by atoms with van der Waals surface area (Å²) in [6, 6.07) is 5.71. The van der Waals surface area contributed by atoms with Crippen LogP contribution in [0.25, 0.3) is 0 Å². The van der Waals surface area contributed by atoms with Crippen molar-refractivity contribution in [3.63, 3.8) is 0 Å². The predicted octanol–water partition coefficient (Wildman–Crippen LogP) is 3.73. The monoisotopic (exact) mass is 255 g/mol. The van der Waals surface area contributed by atoms with E-state index in [1.807, 2.05) is 6.07 Å². The Morgan fingerprint density at radius 1 is 1.41 bits per heavy atom. The molecule has 0 aliphatic carbocycles. The first-order valence-electron chi connectivity index (χ1n) is 5.76. The maximum Gasteiger partial charge on any atom is 0.339 e. The van der Waals surface area contributed by atoms with Gasteiger partial charge in [-0.3, -0.25) is 0 Å². The minimum atomic E-state index is -0.414. The van der Waals surface area contributed by atoms with E-state index in [2.05, 4.69) is 23.9 Å². The Bertz CT molecular complexity index is 389. The van der Waals surface area contributed by atoms with E-state index in [0.29, 0.717) is 16.6 Å². The number of hydrogen-bond acceptors (Lipinski definition) is 3. The van der Waals surface area contributed by atoms with E-state index in [1.165, 1.54) is 7.11 Å². The zero-order valence-electron chi connectivity index (χ0n) is 10.4. The number of halogens is 1. The lowest BCUT2D eigenvalue weighted by Crippen LogP contribution is -2.17. The highest BCUT2D eigenvalue weighted by atomic mass is 35.5. The fourth-order valence-electron chi connectivity index (χ4n) is 1.61. The van der Waals surface area contributed by atoms with E-state index in [1.54, 1.807) is 12.1 Å². The van der Waals surface area contributed by atoms with E-state index in [0.717, 1.165) is 18.5 Å². The Labute approximate surface area is 107 Å². The van der Waals surface area contributed by atoms with Gasteiger partial charge in [-0.05, 0) is 31.0 Å². The topological polar surface area (TPSA) is 38.3 Å². The third-order valence-corrected chi connectivity index (χ3v) is 3.06. The first kappa shape index (κ1) is 13.8. The molecule has 3 nitrogen and oxygen atoms in total. The van der Waals surface area contributed by atoms with Crippen molar-refractivity contribution in [1.29, 1.82) is 0 Å². The standard InChI is InChI=1S/C13H18ClNO2/c1-4-9(5-2)15-10-6-7-12(14)11(8-10)13(16)17-3/h6-9,15H,4-5H2,1-3H3. The van der Waals surface area contributed by atoms with Gasteiger partial charge in [-0.2, -0.15) is 0 Å². The van der Waals surface area contributed by atoms with Crippen LogP contribution in [-0.4, -0.2) is 19.1 Å². The van der Waals surface area contributed by atoms with Crippen LogP contribution >= 0.6 is 11.6 Å². The summed E-state index contributed by atoms with van der Waals surface area (Å²) < 4.78 is 4.68. The molecule has 0 atom stereocenters. The van der Waals surface area contributed by atoms with Crippen LogP contribution < -0.4 is 5.32 Å². The van der Waals surface area contributed by atoms with Crippen LogP contribution in [0.1, 0.15) is 37.0 Å². The Morgan fingerprint density at radius 2 is 2.06 bits per heavy atom. The molecule has 0 aliphatic heterocycles. The highest BCUT2D eigenvalue weighted by molar-refractivity contribution is 6.33. The number of carbonyl (C=O) groups is 1. The zero-order chi connectivity index (χ0) is 12.8. The van der Waals surface area contributed by atoms with Crippen molar-refractivity contribution < 1.29 is 9.53 Å². The van der Waals surface area contributed by atoms with Gasteiger partial charge in [-0.1, -0.05) is 25.4 Å². The molecule has 1 aromatic rings. The maximum atomic E-state index is 11.5. The fraction of sp³-hybridized carbons (Fsp3) is 0.462. The van der Waals surface area contributed by atoms with E-state index in [4.69, 9.17) is 11.6 Å². The summed E-state index contributed by atoms with van der Waals surface area (Å²) in [5, 5.41) is 3.77. The number of esters is 1. The van der Waals surface area contributed by atoms with Crippen molar-refractivity contribution in [2.75, 3.05) is 12.4 Å². The second-order valence-corrected chi connectivity index (χ2v) is 4.25. The van der Waals surface area contributed by atoms with E-state index in [-0.39, 0.29) is 0 Å². The van der Waals surface area contributed by atoms with Gasteiger partial charge < -0.3 is 10.1 Å². The summed E-state index contributed by atoms with van der Waals surface area (Å²) in [6.07, 6.45) is 2.07. The van der Waals surface area contributed by atoms with Gasteiger partial charge in [0.15, 0.2) is 0 Å². The van der Waals surface area contributed by atoms with Gasteiger partial charge in [-0.15, -0.1) is 0 Å². The molecule has 1 aromatic carbocycles. The number of hydrogen-bond donors (Lipinski definition) is 1. The minimum Gasteiger partial charge on any atom is -0.465 e. The lowest BCUT2D eigenvalue weighted by molar-refractivity contribution is 0.0601. The van der Waals surface area contributed by atoms with Crippen molar-refractivity contribution in [2.24, 2.45) is 0 Å². The number of nitrogens with one attached hydrogen (secondary N) is 1. The number of anilines is 1. The molecular formula is C13H18ClNO2. The lowest BCUT2D eigenvalue weighted by Gasteiger charge is -2.17. The normalized spacial score (nSPS) is 10.4. The largest absolute Gasteiger partial charge is 0.465 e. The number of rotatable bonds is 5. The zero-order valence-corrected chi connectivity index (χ0v) is 11.2. The van der Waals surface area contributed by atoms with Crippen LogP contribution in [0.15, 0.2) is 18.2 Å². The molecule has 0 fully saturated rings. The Balaban J connectivity index is 2.92. The van der Waals surface area contributed by atoms with E-state index >= 15 is 0 Å². The average Bonchev–Trinajstić information content (AvgIpc) is 2.36. The van der Waals surface area contributed by atoms with Crippen molar-refractivity contribution in [3.8, 4) is 0 Å². The van der Waals surface area contributed by atoms with Gasteiger partial charge in [0, 0.05) is 11.7 Å².